The molecule has 0 saturated carbocycles. The summed E-state index contributed by atoms with van der Waals surface area (Å²) in [6.07, 6.45) is 1.03. The van der Waals surface area contributed by atoms with E-state index in [-0.39, 0.29) is 0 Å². The van der Waals surface area contributed by atoms with Gasteiger partial charge in [0.2, 0.25) is 0 Å². The van der Waals surface area contributed by atoms with Crippen LogP contribution in [0.15, 0.2) is 42.5 Å². The number of aryl methyl sites for hydroxylation is 2. The summed E-state index contributed by atoms with van der Waals surface area (Å²) < 4.78 is 7.83. The molecule has 1 N–H and O–H groups in total. The second kappa shape index (κ2) is 7.35. The molecule has 2 aromatic heterocycles. The van der Waals surface area contributed by atoms with Crippen LogP contribution in [0.5, 0.6) is 5.88 Å². The fourth-order valence-corrected chi connectivity index (χ4v) is 5.18. The van der Waals surface area contributed by atoms with Gasteiger partial charge in [-0.15, -0.1) is 0 Å². The normalized spacial score (nSPS) is 15.6. The topological polar surface area (TPSA) is 44.5 Å². The summed E-state index contributed by atoms with van der Waals surface area (Å²) in [4.78, 5) is 4.97. The molecular weight excluding hydrogens is 380 g/mol. The van der Waals surface area contributed by atoms with Gasteiger partial charge in [-0.25, -0.2) is 0 Å². The third kappa shape index (κ3) is 3.26. The third-order valence-corrected chi connectivity index (χ3v) is 7.04. The Kier molecular flexibility index (Phi) is 4.68. The zero-order chi connectivity index (χ0) is 20.0. The summed E-state index contributed by atoms with van der Waals surface area (Å²) in [5.41, 5.74) is 3.39. The second-order valence-electron chi connectivity index (χ2n) is 7.94. The van der Waals surface area contributed by atoms with E-state index in [1.807, 2.05) is 18.5 Å². The monoisotopic (exact) mass is 406 g/mol. The van der Waals surface area contributed by atoms with Gasteiger partial charge in [0.1, 0.15) is 5.82 Å². The SMILES string of the molecule is Cc1c(O)n(C)c2ccc(CCN3CCN(c4nsc5ccccc45)CC3)cc12. The molecule has 0 spiro atoms. The van der Waals surface area contributed by atoms with Gasteiger partial charge in [0, 0.05) is 56.1 Å². The second-order valence-corrected chi connectivity index (χ2v) is 8.75. The van der Waals surface area contributed by atoms with Gasteiger partial charge < -0.3 is 14.6 Å². The Morgan fingerprint density at radius 3 is 2.66 bits per heavy atom. The molecule has 3 heterocycles. The molecule has 1 aliphatic rings. The zero-order valence-corrected chi connectivity index (χ0v) is 17.7. The van der Waals surface area contributed by atoms with Crippen molar-refractivity contribution in [2.75, 3.05) is 37.6 Å². The van der Waals surface area contributed by atoms with Gasteiger partial charge in [0.15, 0.2) is 5.88 Å². The number of hydrogen-bond acceptors (Lipinski definition) is 5. The first-order valence-electron chi connectivity index (χ1n) is 10.2. The van der Waals surface area contributed by atoms with Gasteiger partial charge in [-0.3, -0.25) is 4.90 Å². The molecule has 0 bridgehead atoms. The summed E-state index contributed by atoms with van der Waals surface area (Å²) in [6.45, 7) is 7.24. The van der Waals surface area contributed by atoms with Gasteiger partial charge in [0.05, 0.1) is 10.2 Å². The van der Waals surface area contributed by atoms with Crippen LogP contribution in [0.1, 0.15) is 11.1 Å². The first-order valence-corrected chi connectivity index (χ1v) is 11.0. The zero-order valence-electron chi connectivity index (χ0n) is 16.9. The number of piperazine rings is 1. The van der Waals surface area contributed by atoms with Crippen molar-refractivity contribution in [2.45, 2.75) is 13.3 Å². The lowest BCUT2D eigenvalue weighted by atomic mass is 10.1. The lowest BCUT2D eigenvalue weighted by molar-refractivity contribution is 0.261. The maximum absolute atomic E-state index is 10.2. The average molecular weight is 407 g/mol. The van der Waals surface area contributed by atoms with E-state index in [0.29, 0.717) is 5.88 Å². The predicted octanol–water partition coefficient (Wildman–Crippen LogP) is 4.17. The van der Waals surface area contributed by atoms with Gasteiger partial charge in [-0.05, 0) is 54.7 Å². The molecule has 0 atom stereocenters. The summed E-state index contributed by atoms with van der Waals surface area (Å²) in [5, 5.41) is 12.6. The van der Waals surface area contributed by atoms with Gasteiger partial charge in [-0.1, -0.05) is 18.2 Å². The van der Waals surface area contributed by atoms with Crippen LogP contribution in [0.4, 0.5) is 5.82 Å². The highest BCUT2D eigenvalue weighted by atomic mass is 32.1. The van der Waals surface area contributed by atoms with Gasteiger partial charge in [-0.2, -0.15) is 4.37 Å². The minimum atomic E-state index is 0.364. The molecule has 1 saturated heterocycles. The number of aromatic hydroxyl groups is 1. The number of aromatic nitrogens is 2. The Morgan fingerprint density at radius 2 is 1.83 bits per heavy atom. The maximum atomic E-state index is 10.2. The smallest absolute Gasteiger partial charge is 0.194 e. The molecule has 150 valence electrons. The lowest BCUT2D eigenvalue weighted by Gasteiger charge is -2.35. The highest BCUT2D eigenvalue weighted by Crippen LogP contribution is 2.31. The highest BCUT2D eigenvalue weighted by molar-refractivity contribution is 7.13. The standard InChI is InChI=1S/C23H26N4OS/c1-16-19-15-17(7-8-20(19)25(2)23(16)28)9-10-26-11-13-27(14-12-26)22-18-5-3-4-6-21(18)29-24-22/h3-8,15,28H,9-14H2,1-2H3. The Hall–Kier alpha value is -2.57. The number of hydrogen-bond donors (Lipinski definition) is 1. The molecule has 0 amide bonds. The maximum Gasteiger partial charge on any atom is 0.194 e. The van der Waals surface area contributed by atoms with Crippen LogP contribution in [-0.2, 0) is 13.5 Å². The van der Waals surface area contributed by atoms with Crippen molar-refractivity contribution in [3.63, 3.8) is 0 Å². The highest BCUT2D eigenvalue weighted by Gasteiger charge is 2.20. The van der Waals surface area contributed by atoms with Crippen molar-refractivity contribution >= 4 is 38.3 Å². The van der Waals surface area contributed by atoms with E-state index in [9.17, 15) is 5.11 Å². The van der Waals surface area contributed by atoms with E-state index in [4.69, 9.17) is 4.37 Å². The minimum absolute atomic E-state index is 0.364. The number of nitrogens with zero attached hydrogens (tertiary/aromatic N) is 4. The molecule has 1 aliphatic heterocycles. The molecule has 0 aliphatic carbocycles. The van der Waals surface area contributed by atoms with E-state index in [1.54, 1.807) is 11.5 Å². The Labute approximate surface area is 174 Å². The molecule has 0 unspecified atom stereocenters. The summed E-state index contributed by atoms with van der Waals surface area (Å²) >= 11 is 1.60. The first-order chi connectivity index (χ1) is 14.1. The molecule has 4 aromatic rings. The molecule has 5 nitrogen and oxygen atoms in total. The van der Waals surface area contributed by atoms with Crippen molar-refractivity contribution in [1.82, 2.24) is 13.8 Å². The number of benzene rings is 2. The van der Waals surface area contributed by atoms with E-state index >= 15 is 0 Å². The fourth-order valence-electron chi connectivity index (χ4n) is 4.39. The van der Waals surface area contributed by atoms with Crippen molar-refractivity contribution in [3.8, 4) is 5.88 Å². The van der Waals surface area contributed by atoms with Crippen molar-refractivity contribution in [1.29, 1.82) is 0 Å². The Bertz CT molecular complexity index is 1170. The van der Waals surface area contributed by atoms with Crippen molar-refractivity contribution < 1.29 is 5.11 Å². The number of anilines is 1. The summed E-state index contributed by atoms with van der Waals surface area (Å²) in [5.74, 6) is 1.51. The molecule has 6 heteroatoms. The third-order valence-electron chi connectivity index (χ3n) is 6.23. The average Bonchev–Trinajstić information content (AvgIpc) is 3.28. The van der Waals surface area contributed by atoms with E-state index < -0.39 is 0 Å². The molecule has 1 fully saturated rings. The summed E-state index contributed by atoms with van der Waals surface area (Å²) in [6, 6.07) is 15.1. The van der Waals surface area contributed by atoms with Crippen molar-refractivity contribution in [3.05, 3.63) is 53.6 Å². The van der Waals surface area contributed by atoms with Crippen LogP contribution in [0, 0.1) is 6.92 Å². The quantitative estimate of drug-likeness (QED) is 0.553. The number of fused-ring (bicyclic) bond motifs is 2. The van der Waals surface area contributed by atoms with Crippen LogP contribution in [0.25, 0.3) is 21.0 Å². The van der Waals surface area contributed by atoms with Crippen LogP contribution in [0.2, 0.25) is 0 Å². The molecule has 5 rings (SSSR count). The van der Waals surface area contributed by atoms with Crippen LogP contribution in [-0.4, -0.2) is 51.7 Å². The summed E-state index contributed by atoms with van der Waals surface area (Å²) in [7, 11) is 1.91. The Morgan fingerprint density at radius 1 is 1.03 bits per heavy atom. The minimum Gasteiger partial charge on any atom is -0.494 e. The van der Waals surface area contributed by atoms with Crippen LogP contribution < -0.4 is 4.90 Å². The predicted molar refractivity (Wildman–Crippen MR) is 121 cm³/mol. The van der Waals surface area contributed by atoms with Crippen molar-refractivity contribution in [2.24, 2.45) is 7.05 Å². The molecular formula is C23H26N4OS. The van der Waals surface area contributed by atoms with Gasteiger partial charge in [0.25, 0.3) is 0 Å². The van der Waals surface area contributed by atoms with Gasteiger partial charge >= 0.3 is 0 Å². The molecule has 2 aromatic carbocycles. The van der Waals surface area contributed by atoms with E-state index in [1.165, 1.54) is 15.6 Å². The van der Waals surface area contributed by atoms with Crippen LogP contribution in [0.3, 0.4) is 0 Å². The lowest BCUT2D eigenvalue weighted by Crippen LogP contribution is -2.47. The Balaban J connectivity index is 1.22. The van der Waals surface area contributed by atoms with E-state index in [2.05, 4.69) is 52.3 Å². The largest absolute Gasteiger partial charge is 0.494 e. The molecule has 0 radical (unpaired) electrons. The first kappa shape index (κ1) is 18.5. The van der Waals surface area contributed by atoms with Crippen LogP contribution >= 0.6 is 11.5 Å². The molecule has 29 heavy (non-hydrogen) atoms. The number of rotatable bonds is 4. The van der Waals surface area contributed by atoms with E-state index in [0.717, 1.165) is 61.4 Å². The fraction of sp³-hybridized carbons (Fsp3) is 0.348.